The molecule has 0 spiro atoms. The van der Waals surface area contributed by atoms with Crippen LogP contribution in [0, 0.1) is 20.8 Å². The van der Waals surface area contributed by atoms with Crippen LogP contribution >= 0.6 is 11.8 Å². The molecule has 0 aliphatic carbocycles. The van der Waals surface area contributed by atoms with Crippen LogP contribution in [0.5, 0.6) is 0 Å². The zero-order valence-corrected chi connectivity index (χ0v) is 16.1. The summed E-state index contributed by atoms with van der Waals surface area (Å²) in [5.41, 5.74) is 6.19. The van der Waals surface area contributed by atoms with Crippen molar-refractivity contribution in [3.8, 4) is 0 Å². The standard InChI is InChI=1S/C21H26N2OS/c1-15-4-7-19(17(3)12-15)21(24)22-20-13-18(6-5-16(20)2)14-23-8-10-25-11-9-23/h4-7,12-13H,8-11,14H2,1-3H3,(H,22,24). The summed E-state index contributed by atoms with van der Waals surface area (Å²) in [5.74, 6) is 2.39. The first-order valence-electron chi connectivity index (χ1n) is 8.81. The first-order valence-corrected chi connectivity index (χ1v) is 9.96. The van der Waals surface area contributed by atoms with Crippen molar-refractivity contribution in [1.29, 1.82) is 0 Å². The minimum atomic E-state index is -0.0351. The highest BCUT2D eigenvalue weighted by Gasteiger charge is 2.13. The van der Waals surface area contributed by atoms with Crippen LogP contribution in [0.4, 0.5) is 5.69 Å². The van der Waals surface area contributed by atoms with Crippen molar-refractivity contribution in [1.82, 2.24) is 4.90 Å². The van der Waals surface area contributed by atoms with E-state index in [9.17, 15) is 4.79 Å². The van der Waals surface area contributed by atoms with E-state index in [2.05, 4.69) is 28.4 Å². The lowest BCUT2D eigenvalue weighted by molar-refractivity contribution is 0.102. The van der Waals surface area contributed by atoms with E-state index in [4.69, 9.17) is 0 Å². The van der Waals surface area contributed by atoms with Crippen LogP contribution < -0.4 is 5.32 Å². The van der Waals surface area contributed by atoms with E-state index < -0.39 is 0 Å². The van der Waals surface area contributed by atoms with Gasteiger partial charge in [0.1, 0.15) is 0 Å². The van der Waals surface area contributed by atoms with Crippen LogP contribution in [0.25, 0.3) is 0 Å². The van der Waals surface area contributed by atoms with E-state index in [1.54, 1.807) is 0 Å². The number of amides is 1. The third kappa shape index (κ3) is 4.65. The molecule has 1 heterocycles. The molecule has 2 aromatic rings. The Balaban J connectivity index is 1.74. The van der Waals surface area contributed by atoms with Gasteiger partial charge in [-0.3, -0.25) is 9.69 Å². The van der Waals surface area contributed by atoms with Gasteiger partial charge in [-0.2, -0.15) is 11.8 Å². The van der Waals surface area contributed by atoms with Gasteiger partial charge in [-0.15, -0.1) is 0 Å². The van der Waals surface area contributed by atoms with Gasteiger partial charge < -0.3 is 5.32 Å². The highest BCUT2D eigenvalue weighted by atomic mass is 32.2. The zero-order chi connectivity index (χ0) is 17.8. The van der Waals surface area contributed by atoms with Gasteiger partial charge in [0.2, 0.25) is 0 Å². The maximum Gasteiger partial charge on any atom is 0.255 e. The van der Waals surface area contributed by atoms with Gasteiger partial charge in [0.05, 0.1) is 0 Å². The molecule has 132 valence electrons. The fourth-order valence-corrected chi connectivity index (χ4v) is 4.16. The molecule has 1 aliphatic heterocycles. The SMILES string of the molecule is Cc1ccc(C(=O)Nc2cc(CN3CCSCC3)ccc2C)c(C)c1. The monoisotopic (exact) mass is 354 g/mol. The van der Waals surface area contributed by atoms with Crippen LogP contribution in [-0.2, 0) is 6.54 Å². The van der Waals surface area contributed by atoms with E-state index in [0.717, 1.165) is 42.0 Å². The lowest BCUT2D eigenvalue weighted by atomic mass is 10.0. The van der Waals surface area contributed by atoms with Crippen molar-refractivity contribution in [3.05, 3.63) is 64.2 Å². The number of anilines is 1. The molecule has 1 N–H and O–H groups in total. The van der Waals surface area contributed by atoms with E-state index in [-0.39, 0.29) is 5.91 Å². The molecule has 1 aliphatic rings. The summed E-state index contributed by atoms with van der Waals surface area (Å²) in [4.78, 5) is 15.2. The molecular formula is C21H26N2OS. The van der Waals surface area contributed by atoms with Crippen molar-refractivity contribution in [3.63, 3.8) is 0 Å². The predicted molar refractivity (Wildman–Crippen MR) is 108 cm³/mol. The zero-order valence-electron chi connectivity index (χ0n) is 15.3. The number of nitrogens with one attached hydrogen (secondary N) is 1. The Morgan fingerprint density at radius 3 is 2.52 bits per heavy atom. The Labute approximate surface area is 154 Å². The largest absolute Gasteiger partial charge is 0.322 e. The van der Waals surface area contributed by atoms with E-state index in [1.165, 1.54) is 22.6 Å². The van der Waals surface area contributed by atoms with Crippen molar-refractivity contribution in [2.45, 2.75) is 27.3 Å². The number of nitrogens with zero attached hydrogens (tertiary/aromatic N) is 1. The molecule has 4 heteroatoms. The molecule has 2 aromatic carbocycles. The number of aryl methyl sites for hydroxylation is 3. The molecule has 0 radical (unpaired) electrons. The molecule has 1 amide bonds. The second-order valence-corrected chi connectivity index (χ2v) is 8.04. The molecule has 1 saturated heterocycles. The number of benzene rings is 2. The predicted octanol–water partition coefficient (Wildman–Crippen LogP) is 4.41. The van der Waals surface area contributed by atoms with Gasteiger partial charge in [-0.25, -0.2) is 0 Å². The van der Waals surface area contributed by atoms with Gasteiger partial charge in [0.25, 0.3) is 5.91 Å². The summed E-state index contributed by atoms with van der Waals surface area (Å²) in [5, 5.41) is 3.10. The molecule has 1 fully saturated rings. The van der Waals surface area contributed by atoms with E-state index >= 15 is 0 Å². The summed E-state index contributed by atoms with van der Waals surface area (Å²) < 4.78 is 0. The number of rotatable bonds is 4. The third-order valence-electron chi connectivity index (χ3n) is 4.69. The second-order valence-electron chi connectivity index (χ2n) is 6.81. The smallest absolute Gasteiger partial charge is 0.255 e. The molecule has 3 nitrogen and oxygen atoms in total. The topological polar surface area (TPSA) is 32.3 Å². The summed E-state index contributed by atoms with van der Waals surface area (Å²) in [7, 11) is 0. The highest BCUT2D eigenvalue weighted by Crippen LogP contribution is 2.21. The third-order valence-corrected chi connectivity index (χ3v) is 5.63. The number of thioether (sulfide) groups is 1. The summed E-state index contributed by atoms with van der Waals surface area (Å²) in [6.07, 6.45) is 0. The number of carbonyl (C=O) groups is 1. The van der Waals surface area contributed by atoms with E-state index in [0.29, 0.717) is 0 Å². The highest BCUT2D eigenvalue weighted by molar-refractivity contribution is 7.99. The lowest BCUT2D eigenvalue weighted by Crippen LogP contribution is -2.32. The Morgan fingerprint density at radius 2 is 1.80 bits per heavy atom. The van der Waals surface area contributed by atoms with Crippen molar-refractivity contribution >= 4 is 23.4 Å². The molecule has 0 atom stereocenters. The number of hydrogen-bond donors (Lipinski definition) is 1. The Morgan fingerprint density at radius 1 is 1.04 bits per heavy atom. The molecule has 0 saturated carbocycles. The van der Waals surface area contributed by atoms with Crippen molar-refractivity contribution < 1.29 is 4.79 Å². The van der Waals surface area contributed by atoms with Crippen LogP contribution in [0.1, 0.15) is 32.6 Å². The van der Waals surface area contributed by atoms with Crippen LogP contribution in [0.15, 0.2) is 36.4 Å². The Hall–Kier alpha value is -1.78. The summed E-state index contributed by atoms with van der Waals surface area (Å²) in [6, 6.07) is 12.3. The van der Waals surface area contributed by atoms with Gasteiger partial charge in [-0.1, -0.05) is 29.8 Å². The normalized spacial score (nSPS) is 15.2. The van der Waals surface area contributed by atoms with Crippen molar-refractivity contribution in [2.24, 2.45) is 0 Å². The van der Waals surface area contributed by atoms with Gasteiger partial charge in [-0.05, 0) is 49.6 Å². The van der Waals surface area contributed by atoms with Crippen molar-refractivity contribution in [2.75, 3.05) is 29.9 Å². The molecule has 25 heavy (non-hydrogen) atoms. The Kier molecular flexibility index (Phi) is 5.82. The number of carbonyl (C=O) groups excluding carboxylic acids is 1. The molecule has 3 rings (SSSR count). The molecule has 0 unspecified atom stereocenters. The first kappa shape index (κ1) is 18.0. The van der Waals surface area contributed by atoms with Gasteiger partial charge in [0, 0.05) is 42.4 Å². The van der Waals surface area contributed by atoms with Crippen LogP contribution in [0.2, 0.25) is 0 Å². The average molecular weight is 355 g/mol. The maximum atomic E-state index is 12.7. The van der Waals surface area contributed by atoms with Gasteiger partial charge in [0.15, 0.2) is 0 Å². The minimum absolute atomic E-state index is 0.0351. The fourth-order valence-electron chi connectivity index (χ4n) is 3.18. The quantitative estimate of drug-likeness (QED) is 0.882. The molecule has 0 aromatic heterocycles. The first-order chi connectivity index (χ1) is 12.0. The maximum absolute atomic E-state index is 12.7. The lowest BCUT2D eigenvalue weighted by Gasteiger charge is -2.26. The molecular weight excluding hydrogens is 328 g/mol. The second kappa shape index (κ2) is 8.07. The van der Waals surface area contributed by atoms with Gasteiger partial charge >= 0.3 is 0 Å². The Bertz CT molecular complexity index is 766. The fraction of sp³-hybridized carbons (Fsp3) is 0.381. The summed E-state index contributed by atoms with van der Waals surface area (Å²) in [6.45, 7) is 9.30. The van der Waals surface area contributed by atoms with Crippen LogP contribution in [-0.4, -0.2) is 35.4 Å². The van der Waals surface area contributed by atoms with E-state index in [1.807, 2.05) is 50.7 Å². The molecule has 0 bridgehead atoms. The average Bonchev–Trinajstić information content (AvgIpc) is 2.58. The number of hydrogen-bond acceptors (Lipinski definition) is 3. The minimum Gasteiger partial charge on any atom is -0.322 e. The van der Waals surface area contributed by atoms with Crippen LogP contribution in [0.3, 0.4) is 0 Å². The summed E-state index contributed by atoms with van der Waals surface area (Å²) >= 11 is 2.02.